The molecule has 0 fully saturated rings. The zero-order chi connectivity index (χ0) is 47.8. The Morgan fingerprint density at radius 1 is 0.400 bits per heavy atom. The molecule has 0 spiro atoms. The Labute approximate surface area is 411 Å². The molecule has 10 aromatic rings. The lowest BCUT2D eigenvalue weighted by atomic mass is 9.90. The molecule has 0 atom stereocenters. The molecule has 5 heteroatoms. The summed E-state index contributed by atoms with van der Waals surface area (Å²) in [7, 11) is 0. The van der Waals surface area contributed by atoms with E-state index in [0.717, 1.165) is 81.7 Å². The van der Waals surface area contributed by atoms with Crippen molar-refractivity contribution < 1.29 is 0 Å². The first-order chi connectivity index (χ1) is 34.4. The lowest BCUT2D eigenvalue weighted by Crippen LogP contribution is -2.01. The van der Waals surface area contributed by atoms with Gasteiger partial charge >= 0.3 is 0 Å². The van der Waals surface area contributed by atoms with Crippen LogP contribution in [0.1, 0.15) is 38.9 Å². The molecule has 0 radical (unpaired) electrons. The first-order valence-electron chi connectivity index (χ1n) is 23.7. The van der Waals surface area contributed by atoms with Crippen LogP contribution in [0.4, 0.5) is 5.69 Å². The number of pyridine rings is 3. The van der Waals surface area contributed by atoms with E-state index in [-0.39, 0.29) is 0 Å². The van der Waals surface area contributed by atoms with Crippen molar-refractivity contribution in [1.82, 2.24) is 15.0 Å². The van der Waals surface area contributed by atoms with Crippen molar-refractivity contribution in [1.29, 1.82) is 5.26 Å². The number of hydrogen-bond donors (Lipinski definition) is 0. The van der Waals surface area contributed by atoms with E-state index < -0.39 is 0 Å². The summed E-state index contributed by atoms with van der Waals surface area (Å²) >= 11 is 0. The smallest absolute Gasteiger partial charge is 0.187 e. The molecule has 0 amide bonds. The fourth-order valence-corrected chi connectivity index (χ4v) is 9.31. The van der Waals surface area contributed by atoms with Crippen molar-refractivity contribution in [3.05, 3.63) is 263 Å². The SMILES string of the molecule is [C-]#[N+]c1cccc(-c2cc(C)c(CCc3cc(CCc4cnc(-c5cccc(C#N)c5)cc4C)cc(-c4ccccc4-c4ccc(-c5cccc(-c6ccc(-c7ccccc7)cc6)c5)nc4)c3)cn2)c1. The summed E-state index contributed by atoms with van der Waals surface area (Å²) in [6, 6.07) is 69.7. The van der Waals surface area contributed by atoms with E-state index in [1.165, 1.54) is 55.6 Å². The van der Waals surface area contributed by atoms with Crippen LogP contribution < -0.4 is 0 Å². The molecule has 70 heavy (non-hydrogen) atoms. The van der Waals surface area contributed by atoms with E-state index in [4.69, 9.17) is 21.5 Å². The van der Waals surface area contributed by atoms with Gasteiger partial charge in [0.15, 0.2) is 5.69 Å². The molecule has 0 N–H and O–H groups in total. The number of hydrogen-bond acceptors (Lipinski definition) is 4. The molecule has 5 nitrogen and oxygen atoms in total. The zero-order valence-corrected chi connectivity index (χ0v) is 39.3. The van der Waals surface area contributed by atoms with Crippen LogP contribution in [-0.4, -0.2) is 15.0 Å². The van der Waals surface area contributed by atoms with Gasteiger partial charge in [-0.1, -0.05) is 152 Å². The summed E-state index contributed by atoms with van der Waals surface area (Å²) in [5, 5.41) is 9.47. The van der Waals surface area contributed by atoms with Gasteiger partial charge in [-0.15, -0.1) is 0 Å². The molecular weight excluding hydrogens is 851 g/mol. The molecule has 10 rings (SSSR count). The quantitative estimate of drug-likeness (QED) is 0.108. The highest BCUT2D eigenvalue weighted by molar-refractivity contribution is 5.84. The van der Waals surface area contributed by atoms with Gasteiger partial charge < -0.3 is 0 Å². The third-order valence-corrected chi connectivity index (χ3v) is 13.2. The third kappa shape index (κ3) is 10.1. The van der Waals surface area contributed by atoms with Crippen LogP contribution in [0.25, 0.3) is 83.1 Å². The fourth-order valence-electron chi connectivity index (χ4n) is 9.31. The van der Waals surface area contributed by atoms with Gasteiger partial charge in [0.2, 0.25) is 0 Å². The molecule has 334 valence electrons. The summed E-state index contributed by atoms with van der Waals surface area (Å²) in [5.74, 6) is 0. The Bertz CT molecular complexity index is 3450. The summed E-state index contributed by atoms with van der Waals surface area (Å²) in [4.78, 5) is 18.4. The van der Waals surface area contributed by atoms with Gasteiger partial charge in [0.25, 0.3) is 0 Å². The minimum absolute atomic E-state index is 0.611. The topological polar surface area (TPSA) is 66.8 Å². The van der Waals surface area contributed by atoms with Crippen molar-refractivity contribution in [2.75, 3.05) is 0 Å². The molecular formula is C65H49N5. The van der Waals surface area contributed by atoms with Crippen LogP contribution in [0.3, 0.4) is 0 Å². The maximum atomic E-state index is 9.47. The Morgan fingerprint density at radius 2 is 0.900 bits per heavy atom. The van der Waals surface area contributed by atoms with Crippen molar-refractivity contribution in [3.8, 4) is 84.3 Å². The summed E-state index contributed by atoms with van der Waals surface area (Å²) < 4.78 is 0. The molecule has 0 saturated heterocycles. The van der Waals surface area contributed by atoms with Crippen LogP contribution in [0.15, 0.2) is 213 Å². The minimum atomic E-state index is 0.611. The van der Waals surface area contributed by atoms with Crippen LogP contribution in [0.5, 0.6) is 0 Å². The number of aromatic nitrogens is 3. The van der Waals surface area contributed by atoms with Crippen molar-refractivity contribution >= 4 is 5.69 Å². The molecule has 0 bridgehead atoms. The highest BCUT2D eigenvalue weighted by Gasteiger charge is 2.14. The van der Waals surface area contributed by atoms with Crippen molar-refractivity contribution in [2.45, 2.75) is 39.5 Å². The second-order valence-corrected chi connectivity index (χ2v) is 17.9. The van der Waals surface area contributed by atoms with E-state index in [1.807, 2.05) is 73.2 Å². The lowest BCUT2D eigenvalue weighted by Gasteiger charge is -2.15. The fraction of sp³-hybridized carbons (Fsp3) is 0.0923. The molecule has 0 unspecified atom stereocenters. The Hall–Kier alpha value is -9.03. The maximum absolute atomic E-state index is 9.47. The molecule has 3 aromatic heterocycles. The van der Waals surface area contributed by atoms with Gasteiger partial charge in [-0.05, 0) is 160 Å². The van der Waals surface area contributed by atoms with E-state index in [2.05, 4.69) is 164 Å². The summed E-state index contributed by atoms with van der Waals surface area (Å²) in [5.41, 5.74) is 23.4. The standard InChI is InChI=1S/C65H49N5/c1-44-32-64(53-16-9-12-48(37-53)40-66)69-41-56(44)24-22-46-34-47(23-25-57-42-70-65(33-45(57)2)55-18-11-19-60(39-55)67-3)36-59(35-46)62-21-8-7-20-61(62)58-30-31-63(68-43-58)54-17-10-15-52(38-54)51-28-26-50(27-29-51)49-13-5-4-6-14-49/h4-21,26-39,41-43H,22-25H2,1-2H3. The Balaban J connectivity index is 0.930. The van der Waals surface area contributed by atoms with Gasteiger partial charge in [-0.3, -0.25) is 15.0 Å². The molecule has 7 aromatic carbocycles. The molecule has 0 aliphatic carbocycles. The molecule has 3 heterocycles. The summed E-state index contributed by atoms with van der Waals surface area (Å²) in [6.07, 6.45) is 9.38. The first kappa shape index (κ1) is 44.8. The maximum Gasteiger partial charge on any atom is 0.187 e. The average molecular weight is 900 g/mol. The van der Waals surface area contributed by atoms with Crippen LogP contribution in [0, 0.1) is 31.8 Å². The third-order valence-electron chi connectivity index (χ3n) is 13.2. The number of aryl methyl sites for hydroxylation is 6. The van der Waals surface area contributed by atoms with Gasteiger partial charge in [0, 0.05) is 35.3 Å². The number of benzene rings is 7. The van der Waals surface area contributed by atoms with Crippen molar-refractivity contribution in [3.63, 3.8) is 0 Å². The van der Waals surface area contributed by atoms with Crippen LogP contribution >= 0.6 is 0 Å². The van der Waals surface area contributed by atoms with E-state index in [0.29, 0.717) is 11.3 Å². The minimum Gasteiger partial charge on any atom is -0.256 e. The largest absolute Gasteiger partial charge is 0.256 e. The van der Waals surface area contributed by atoms with E-state index in [1.54, 1.807) is 0 Å². The average Bonchev–Trinajstić information content (AvgIpc) is 3.42. The van der Waals surface area contributed by atoms with Crippen LogP contribution in [-0.2, 0) is 25.7 Å². The van der Waals surface area contributed by atoms with Gasteiger partial charge in [-0.25, -0.2) is 4.85 Å². The van der Waals surface area contributed by atoms with Crippen LogP contribution in [0.2, 0.25) is 0 Å². The monoisotopic (exact) mass is 899 g/mol. The Kier molecular flexibility index (Phi) is 13.1. The normalized spacial score (nSPS) is 10.9. The second kappa shape index (κ2) is 20.5. The number of rotatable bonds is 13. The number of nitriles is 1. The highest BCUT2D eigenvalue weighted by atomic mass is 14.7. The molecule has 0 aliphatic rings. The Morgan fingerprint density at radius 3 is 1.50 bits per heavy atom. The first-order valence-corrected chi connectivity index (χ1v) is 23.7. The van der Waals surface area contributed by atoms with E-state index >= 15 is 0 Å². The molecule has 0 aliphatic heterocycles. The van der Waals surface area contributed by atoms with Gasteiger partial charge in [0.1, 0.15) is 0 Å². The predicted molar refractivity (Wildman–Crippen MR) is 286 cm³/mol. The highest BCUT2D eigenvalue weighted by Crippen LogP contribution is 2.36. The van der Waals surface area contributed by atoms with Gasteiger partial charge in [-0.2, -0.15) is 5.26 Å². The number of nitrogens with zero attached hydrogens (tertiary/aromatic N) is 5. The molecule has 0 saturated carbocycles. The van der Waals surface area contributed by atoms with Gasteiger partial charge in [0.05, 0.1) is 35.3 Å². The zero-order valence-electron chi connectivity index (χ0n) is 39.3. The van der Waals surface area contributed by atoms with Crippen molar-refractivity contribution in [2.24, 2.45) is 0 Å². The van der Waals surface area contributed by atoms with E-state index in [9.17, 15) is 5.26 Å². The second-order valence-electron chi connectivity index (χ2n) is 17.9. The predicted octanol–water partition coefficient (Wildman–Crippen LogP) is 16.2. The lowest BCUT2D eigenvalue weighted by molar-refractivity contribution is 0.913. The summed E-state index contributed by atoms with van der Waals surface area (Å²) in [6.45, 7) is 11.8.